The molecule has 4 bridgehead atoms. The second-order valence-electron chi connectivity index (χ2n) is 17.0. The first-order chi connectivity index (χ1) is 17.9. The Bertz CT molecular complexity index is 880. The van der Waals surface area contributed by atoms with E-state index in [1.165, 1.54) is 70.6 Å². The van der Waals surface area contributed by atoms with E-state index in [9.17, 15) is 0 Å². The van der Waals surface area contributed by atoms with Crippen molar-refractivity contribution in [2.24, 2.45) is 56.7 Å². The van der Waals surface area contributed by atoms with Crippen LogP contribution in [0.1, 0.15) is 126 Å². The molecule has 7 saturated carbocycles. The van der Waals surface area contributed by atoms with Crippen LogP contribution in [0.2, 0.25) is 0 Å². The van der Waals surface area contributed by atoms with Crippen molar-refractivity contribution in [1.82, 2.24) is 0 Å². The van der Waals surface area contributed by atoms with E-state index in [0.29, 0.717) is 45.4 Å². The number of rotatable bonds is 10. The van der Waals surface area contributed by atoms with E-state index in [2.05, 4.69) is 55.4 Å². The number of ether oxygens (including phenoxy) is 3. The Morgan fingerprint density at radius 2 is 1.53 bits per heavy atom. The van der Waals surface area contributed by atoms with Crippen molar-refractivity contribution in [1.29, 1.82) is 0 Å². The van der Waals surface area contributed by atoms with Crippen molar-refractivity contribution < 1.29 is 14.2 Å². The zero-order chi connectivity index (χ0) is 27.1. The van der Waals surface area contributed by atoms with Crippen LogP contribution in [-0.4, -0.2) is 38.1 Å². The van der Waals surface area contributed by atoms with Crippen molar-refractivity contribution in [2.75, 3.05) is 19.8 Å². The monoisotopic (exact) mass is 528 g/mol. The molecule has 218 valence electrons. The fraction of sp³-hybridized carbons (Fsp3) is 1.00. The van der Waals surface area contributed by atoms with Gasteiger partial charge in [0.2, 0.25) is 0 Å². The lowest BCUT2D eigenvalue weighted by Crippen LogP contribution is -2.55. The number of fused-ring (bicyclic) bond motifs is 5. The van der Waals surface area contributed by atoms with Crippen LogP contribution in [0.15, 0.2) is 0 Å². The van der Waals surface area contributed by atoms with Crippen molar-refractivity contribution in [3.05, 3.63) is 0 Å². The molecule has 0 aromatic rings. The Balaban J connectivity index is 1.09. The molecule has 0 heterocycles. The fourth-order valence-corrected chi connectivity index (χ4v) is 12.1. The van der Waals surface area contributed by atoms with Gasteiger partial charge >= 0.3 is 0 Å². The van der Waals surface area contributed by atoms with E-state index in [-0.39, 0.29) is 0 Å². The summed E-state index contributed by atoms with van der Waals surface area (Å²) in [6.45, 7) is 22.2. The van der Waals surface area contributed by atoms with Gasteiger partial charge in [0.05, 0.1) is 18.3 Å². The third-order valence-electron chi connectivity index (χ3n) is 13.9. The van der Waals surface area contributed by atoms with Gasteiger partial charge in [0.1, 0.15) is 0 Å². The maximum Gasteiger partial charge on any atom is 0.0684 e. The normalized spacial score (nSPS) is 51.8. The Morgan fingerprint density at radius 1 is 0.789 bits per heavy atom. The smallest absolute Gasteiger partial charge is 0.0684 e. The average Bonchev–Trinajstić information content (AvgIpc) is 3.23. The predicted octanol–water partition coefficient (Wildman–Crippen LogP) is 8.69. The van der Waals surface area contributed by atoms with Crippen LogP contribution in [-0.2, 0) is 14.2 Å². The zero-order valence-corrected chi connectivity index (χ0v) is 26.2. The standard InChI is InChI=1S/C35H60O3/c1-9-36-28-26-12-11-24(32(28,5)6)19-23(26)14-18-38-30-31(3,4)16-17-35(30)21-25(35)20-34(8)22-33(7)15-13-27(34)29(33)37-10-2/h23-30H,9-22H2,1-8H3. The Morgan fingerprint density at radius 3 is 2.26 bits per heavy atom. The lowest BCUT2D eigenvalue weighted by Gasteiger charge is -2.57. The van der Waals surface area contributed by atoms with Crippen molar-refractivity contribution in [2.45, 2.75) is 144 Å². The summed E-state index contributed by atoms with van der Waals surface area (Å²) in [6.07, 6.45) is 16.5. The van der Waals surface area contributed by atoms with Crippen LogP contribution >= 0.6 is 0 Å². The van der Waals surface area contributed by atoms with Crippen LogP contribution in [0, 0.1) is 56.7 Å². The summed E-state index contributed by atoms with van der Waals surface area (Å²) in [7, 11) is 0. The van der Waals surface area contributed by atoms with E-state index in [1.54, 1.807) is 0 Å². The highest BCUT2D eigenvalue weighted by molar-refractivity contribution is 5.19. The highest BCUT2D eigenvalue weighted by Gasteiger charge is 2.70. The average molecular weight is 529 g/mol. The topological polar surface area (TPSA) is 27.7 Å². The van der Waals surface area contributed by atoms with E-state index in [0.717, 1.165) is 49.4 Å². The van der Waals surface area contributed by atoms with Gasteiger partial charge in [-0.1, -0.05) is 41.5 Å². The van der Waals surface area contributed by atoms with Crippen LogP contribution in [0.4, 0.5) is 0 Å². The first kappa shape index (κ1) is 28.0. The highest BCUT2D eigenvalue weighted by Crippen LogP contribution is 2.74. The van der Waals surface area contributed by atoms with E-state index < -0.39 is 0 Å². The summed E-state index contributed by atoms with van der Waals surface area (Å²) >= 11 is 0. The molecule has 3 heteroatoms. The maximum absolute atomic E-state index is 7.06. The van der Waals surface area contributed by atoms with Gasteiger partial charge in [-0.3, -0.25) is 0 Å². The first-order valence-corrected chi connectivity index (χ1v) is 16.7. The summed E-state index contributed by atoms with van der Waals surface area (Å²) in [6, 6.07) is 0. The summed E-state index contributed by atoms with van der Waals surface area (Å²) in [5, 5.41) is 0. The Kier molecular flexibility index (Phi) is 6.97. The first-order valence-electron chi connectivity index (χ1n) is 16.7. The molecule has 11 atom stereocenters. The maximum atomic E-state index is 7.06. The second-order valence-corrected chi connectivity index (χ2v) is 17.0. The molecule has 0 aliphatic heterocycles. The fourth-order valence-electron chi connectivity index (χ4n) is 12.1. The summed E-state index contributed by atoms with van der Waals surface area (Å²) in [4.78, 5) is 0. The van der Waals surface area contributed by atoms with Crippen LogP contribution in [0.5, 0.6) is 0 Å². The highest BCUT2D eigenvalue weighted by atomic mass is 16.5. The van der Waals surface area contributed by atoms with Gasteiger partial charge in [-0.05, 0) is 136 Å². The molecule has 0 amide bonds. The van der Waals surface area contributed by atoms with E-state index in [4.69, 9.17) is 14.2 Å². The Labute approximate surface area is 234 Å². The number of hydrogen-bond donors (Lipinski definition) is 0. The van der Waals surface area contributed by atoms with Gasteiger partial charge in [0.15, 0.2) is 0 Å². The molecule has 38 heavy (non-hydrogen) atoms. The summed E-state index contributed by atoms with van der Waals surface area (Å²) in [5.74, 6) is 3.97. The molecule has 7 fully saturated rings. The minimum Gasteiger partial charge on any atom is -0.378 e. The van der Waals surface area contributed by atoms with Gasteiger partial charge in [0.25, 0.3) is 0 Å². The van der Waals surface area contributed by atoms with Crippen LogP contribution in [0.25, 0.3) is 0 Å². The van der Waals surface area contributed by atoms with Crippen LogP contribution in [0.3, 0.4) is 0 Å². The van der Waals surface area contributed by atoms with Gasteiger partial charge in [-0.25, -0.2) is 0 Å². The molecule has 3 nitrogen and oxygen atoms in total. The summed E-state index contributed by atoms with van der Waals surface area (Å²) in [5.41, 5.74) is 1.97. The second kappa shape index (κ2) is 9.45. The predicted molar refractivity (Wildman–Crippen MR) is 155 cm³/mol. The molecular weight excluding hydrogens is 468 g/mol. The molecule has 7 aliphatic carbocycles. The van der Waals surface area contributed by atoms with Gasteiger partial charge < -0.3 is 14.2 Å². The number of hydrogen-bond acceptors (Lipinski definition) is 3. The third kappa shape index (κ3) is 4.21. The minimum absolute atomic E-state index is 0.311. The largest absolute Gasteiger partial charge is 0.378 e. The Hall–Kier alpha value is -0.120. The molecule has 7 aliphatic rings. The SMILES string of the molecule is CCOC1C2CCC1(C)CC2(C)CC1CC12CCC(C)(C)C2OCCC1CC2CCC1C(OCC)C2(C)C. The molecule has 0 radical (unpaired) electrons. The molecule has 0 aromatic heterocycles. The summed E-state index contributed by atoms with van der Waals surface area (Å²) < 4.78 is 19.9. The van der Waals surface area contributed by atoms with Gasteiger partial charge in [-0.15, -0.1) is 0 Å². The molecule has 0 saturated heterocycles. The molecule has 1 spiro atoms. The molecule has 0 aromatic carbocycles. The molecule has 7 rings (SSSR count). The molecular formula is C35H60O3. The van der Waals surface area contributed by atoms with Gasteiger partial charge in [-0.2, -0.15) is 0 Å². The van der Waals surface area contributed by atoms with Gasteiger partial charge in [0, 0.05) is 25.2 Å². The quantitative estimate of drug-likeness (QED) is 0.284. The van der Waals surface area contributed by atoms with Crippen molar-refractivity contribution >= 4 is 0 Å². The zero-order valence-electron chi connectivity index (χ0n) is 26.2. The van der Waals surface area contributed by atoms with Crippen LogP contribution < -0.4 is 0 Å². The lowest BCUT2D eigenvalue weighted by molar-refractivity contribution is -0.167. The molecule has 11 unspecified atom stereocenters. The van der Waals surface area contributed by atoms with E-state index >= 15 is 0 Å². The van der Waals surface area contributed by atoms with E-state index in [1.807, 2.05) is 0 Å². The van der Waals surface area contributed by atoms with Crippen molar-refractivity contribution in [3.63, 3.8) is 0 Å². The molecule has 0 N–H and O–H groups in total. The minimum atomic E-state index is 0.311. The van der Waals surface area contributed by atoms with Crippen molar-refractivity contribution in [3.8, 4) is 0 Å². The lowest BCUT2D eigenvalue weighted by atomic mass is 9.52. The third-order valence-corrected chi connectivity index (χ3v) is 13.9.